The van der Waals surface area contributed by atoms with E-state index in [4.69, 9.17) is 9.51 Å². The molecule has 0 aromatic carbocycles. The number of thiophene rings is 2. The van der Waals surface area contributed by atoms with Crippen molar-refractivity contribution in [3.8, 4) is 21.1 Å². The Morgan fingerprint density at radius 3 is 2.57 bits per heavy atom. The smallest absolute Gasteiger partial charge is 0.237 e. The SMILES string of the molecule is Cc1noc(CSc2nc(-c3cccs3)c(-c3cccs3)[nH]2)n1. The summed E-state index contributed by atoms with van der Waals surface area (Å²) < 4.78 is 5.15. The minimum atomic E-state index is 0.599. The number of rotatable bonds is 5. The van der Waals surface area contributed by atoms with Gasteiger partial charge < -0.3 is 9.51 Å². The lowest BCUT2D eigenvalue weighted by molar-refractivity contribution is 0.387. The first-order chi connectivity index (χ1) is 11.3. The largest absolute Gasteiger partial charge is 0.338 e. The molecule has 5 nitrogen and oxygen atoms in total. The number of thioether (sulfide) groups is 1. The molecule has 1 N–H and O–H groups in total. The molecule has 0 fully saturated rings. The van der Waals surface area contributed by atoms with Crippen molar-refractivity contribution >= 4 is 34.4 Å². The number of nitrogens with one attached hydrogen (secondary N) is 1. The summed E-state index contributed by atoms with van der Waals surface area (Å²) in [6.07, 6.45) is 0. The van der Waals surface area contributed by atoms with E-state index in [1.807, 2.05) is 19.1 Å². The van der Waals surface area contributed by atoms with E-state index in [9.17, 15) is 0 Å². The number of H-pyrrole nitrogens is 1. The molecule has 0 unspecified atom stereocenters. The number of aromatic amines is 1. The summed E-state index contributed by atoms with van der Waals surface area (Å²) in [5.74, 6) is 1.86. The van der Waals surface area contributed by atoms with Gasteiger partial charge in [0, 0.05) is 0 Å². The van der Waals surface area contributed by atoms with Crippen LogP contribution in [0, 0.1) is 6.92 Å². The zero-order valence-electron chi connectivity index (χ0n) is 12.1. The van der Waals surface area contributed by atoms with E-state index in [0.717, 1.165) is 21.4 Å². The van der Waals surface area contributed by atoms with E-state index in [1.54, 1.807) is 34.4 Å². The molecule has 0 amide bonds. The van der Waals surface area contributed by atoms with Crippen LogP contribution in [0.2, 0.25) is 0 Å². The molecule has 23 heavy (non-hydrogen) atoms. The van der Waals surface area contributed by atoms with Crippen LogP contribution in [0.1, 0.15) is 11.7 Å². The fraction of sp³-hybridized carbons (Fsp3) is 0.133. The van der Waals surface area contributed by atoms with E-state index < -0.39 is 0 Å². The number of aromatic nitrogens is 4. The molecule has 4 rings (SSSR count). The Hall–Kier alpha value is -1.90. The van der Waals surface area contributed by atoms with Crippen molar-refractivity contribution in [3.05, 3.63) is 46.7 Å². The van der Waals surface area contributed by atoms with Gasteiger partial charge in [0.15, 0.2) is 11.0 Å². The Kier molecular flexibility index (Phi) is 4.02. The highest BCUT2D eigenvalue weighted by molar-refractivity contribution is 7.98. The minimum Gasteiger partial charge on any atom is -0.338 e. The number of nitrogens with zero attached hydrogens (tertiary/aromatic N) is 3. The maximum absolute atomic E-state index is 5.15. The lowest BCUT2D eigenvalue weighted by Gasteiger charge is -1.96. The molecule has 0 spiro atoms. The third-order valence-corrected chi connectivity index (χ3v) is 5.73. The van der Waals surface area contributed by atoms with Crippen molar-refractivity contribution in [2.45, 2.75) is 17.8 Å². The second-order valence-electron chi connectivity index (χ2n) is 4.74. The molecule has 8 heteroatoms. The van der Waals surface area contributed by atoms with Crippen LogP contribution in [-0.4, -0.2) is 20.1 Å². The van der Waals surface area contributed by atoms with E-state index in [-0.39, 0.29) is 0 Å². The number of hydrogen-bond acceptors (Lipinski definition) is 7. The van der Waals surface area contributed by atoms with Crippen LogP contribution in [0.15, 0.2) is 44.7 Å². The van der Waals surface area contributed by atoms with Crippen LogP contribution >= 0.6 is 34.4 Å². The van der Waals surface area contributed by atoms with E-state index >= 15 is 0 Å². The number of hydrogen-bond donors (Lipinski definition) is 1. The molecule has 0 aliphatic carbocycles. The van der Waals surface area contributed by atoms with Crippen LogP contribution in [0.5, 0.6) is 0 Å². The first-order valence-corrected chi connectivity index (χ1v) is 9.64. The number of aryl methyl sites for hydroxylation is 1. The van der Waals surface area contributed by atoms with Gasteiger partial charge in [0.25, 0.3) is 0 Å². The van der Waals surface area contributed by atoms with Gasteiger partial charge in [0.05, 0.1) is 21.2 Å². The molecule has 116 valence electrons. The Bertz CT molecular complexity index is 842. The predicted molar refractivity (Wildman–Crippen MR) is 93.8 cm³/mol. The highest BCUT2D eigenvalue weighted by Crippen LogP contribution is 2.37. The van der Waals surface area contributed by atoms with Gasteiger partial charge in [-0.05, 0) is 29.8 Å². The predicted octanol–water partition coefficient (Wildman–Crippen LogP) is 4.85. The quantitative estimate of drug-likeness (QED) is 0.515. The van der Waals surface area contributed by atoms with Gasteiger partial charge in [0.1, 0.15) is 5.69 Å². The minimum absolute atomic E-state index is 0.599. The van der Waals surface area contributed by atoms with Crippen LogP contribution in [0.25, 0.3) is 21.1 Å². The van der Waals surface area contributed by atoms with Gasteiger partial charge in [-0.2, -0.15) is 4.98 Å². The standard InChI is InChI=1S/C15H12N4OS3/c1-9-16-12(20-19-9)8-23-15-17-13(10-4-2-6-21-10)14(18-15)11-5-3-7-22-11/h2-7H,8H2,1H3,(H,17,18). The second kappa shape index (κ2) is 6.31. The van der Waals surface area contributed by atoms with Gasteiger partial charge in [-0.15, -0.1) is 22.7 Å². The van der Waals surface area contributed by atoms with Gasteiger partial charge >= 0.3 is 0 Å². The normalized spacial score (nSPS) is 11.2. The van der Waals surface area contributed by atoms with Crippen LogP contribution < -0.4 is 0 Å². The van der Waals surface area contributed by atoms with Crippen molar-refractivity contribution in [2.24, 2.45) is 0 Å². The van der Waals surface area contributed by atoms with E-state index in [2.05, 4.69) is 38.0 Å². The third kappa shape index (κ3) is 3.10. The van der Waals surface area contributed by atoms with Crippen LogP contribution in [0.3, 0.4) is 0 Å². The summed E-state index contributed by atoms with van der Waals surface area (Å²) in [6.45, 7) is 1.81. The van der Waals surface area contributed by atoms with Gasteiger partial charge in [0.2, 0.25) is 5.89 Å². The molecule has 4 heterocycles. The fourth-order valence-corrected chi connectivity index (χ4v) is 4.29. The molecular weight excluding hydrogens is 348 g/mol. The lowest BCUT2D eigenvalue weighted by Crippen LogP contribution is -1.82. The lowest BCUT2D eigenvalue weighted by atomic mass is 10.2. The topological polar surface area (TPSA) is 67.6 Å². The maximum atomic E-state index is 5.15. The summed E-state index contributed by atoms with van der Waals surface area (Å²) >= 11 is 4.96. The van der Waals surface area contributed by atoms with Crippen LogP contribution in [-0.2, 0) is 5.75 Å². The molecule has 0 aliphatic rings. The van der Waals surface area contributed by atoms with Crippen molar-refractivity contribution in [3.63, 3.8) is 0 Å². The van der Waals surface area contributed by atoms with Crippen molar-refractivity contribution in [2.75, 3.05) is 0 Å². The van der Waals surface area contributed by atoms with Crippen LogP contribution in [0.4, 0.5) is 0 Å². The summed E-state index contributed by atoms with van der Waals surface area (Å²) in [4.78, 5) is 14.8. The summed E-state index contributed by atoms with van der Waals surface area (Å²) in [5, 5.41) is 8.80. The molecule has 0 atom stereocenters. The molecule has 4 aromatic heterocycles. The Balaban J connectivity index is 1.64. The molecule has 0 saturated carbocycles. The average Bonchev–Trinajstić information content (AvgIpc) is 3.31. The molecule has 0 radical (unpaired) electrons. The zero-order chi connectivity index (χ0) is 15.6. The van der Waals surface area contributed by atoms with E-state index in [1.165, 1.54) is 4.88 Å². The fourth-order valence-electron chi connectivity index (χ4n) is 2.14. The first kappa shape index (κ1) is 14.7. The third-order valence-electron chi connectivity index (χ3n) is 3.11. The Morgan fingerprint density at radius 1 is 1.13 bits per heavy atom. The van der Waals surface area contributed by atoms with Gasteiger partial charge in [-0.1, -0.05) is 29.1 Å². The second-order valence-corrected chi connectivity index (χ2v) is 7.60. The molecule has 0 bridgehead atoms. The van der Waals surface area contributed by atoms with Crippen molar-refractivity contribution in [1.29, 1.82) is 0 Å². The molecule has 0 aliphatic heterocycles. The Labute approximate surface area is 144 Å². The first-order valence-electron chi connectivity index (χ1n) is 6.89. The average molecular weight is 360 g/mol. The molecule has 4 aromatic rings. The molecular formula is C15H12N4OS3. The summed E-state index contributed by atoms with van der Waals surface area (Å²) in [5.41, 5.74) is 2.05. The summed E-state index contributed by atoms with van der Waals surface area (Å²) in [7, 11) is 0. The highest BCUT2D eigenvalue weighted by atomic mass is 32.2. The molecule has 0 saturated heterocycles. The monoisotopic (exact) mass is 360 g/mol. The Morgan fingerprint density at radius 2 is 1.91 bits per heavy atom. The highest BCUT2D eigenvalue weighted by Gasteiger charge is 2.16. The van der Waals surface area contributed by atoms with Crippen molar-refractivity contribution in [1.82, 2.24) is 20.1 Å². The number of imidazole rings is 1. The van der Waals surface area contributed by atoms with E-state index in [0.29, 0.717) is 17.5 Å². The maximum Gasteiger partial charge on any atom is 0.237 e. The van der Waals surface area contributed by atoms with Gasteiger partial charge in [-0.3, -0.25) is 0 Å². The zero-order valence-corrected chi connectivity index (χ0v) is 14.6. The van der Waals surface area contributed by atoms with Crippen molar-refractivity contribution < 1.29 is 4.52 Å². The summed E-state index contributed by atoms with van der Waals surface area (Å²) in [6, 6.07) is 8.28. The van der Waals surface area contributed by atoms with Gasteiger partial charge in [-0.25, -0.2) is 4.98 Å².